The molecule has 0 saturated heterocycles. The van der Waals surface area contributed by atoms with E-state index in [4.69, 9.17) is 10.5 Å². The van der Waals surface area contributed by atoms with Crippen LogP contribution in [0.4, 0.5) is 0 Å². The van der Waals surface area contributed by atoms with E-state index in [0.717, 1.165) is 12.8 Å². The largest absolute Gasteiger partial charge is 0.459 e. The van der Waals surface area contributed by atoms with Crippen molar-refractivity contribution < 1.29 is 14.6 Å². The van der Waals surface area contributed by atoms with Crippen LogP contribution in [0.25, 0.3) is 0 Å². The number of ether oxygens (including phenoxy) is 1. The standard InChI is InChI=1S/C12H23NO3S/c1-12(2,3)16-10(15)7-17-9(6-14)11(13)8-4-5-8/h8-9,11,14H,4-7,13H2,1-3H3. The third-order valence-corrected chi connectivity index (χ3v) is 3.90. The number of esters is 1. The molecule has 0 spiro atoms. The van der Waals surface area contributed by atoms with Crippen molar-refractivity contribution in [1.82, 2.24) is 0 Å². The van der Waals surface area contributed by atoms with Gasteiger partial charge in [0.05, 0.1) is 12.4 Å². The van der Waals surface area contributed by atoms with Gasteiger partial charge in [0.25, 0.3) is 0 Å². The van der Waals surface area contributed by atoms with Gasteiger partial charge in [-0.25, -0.2) is 0 Å². The monoisotopic (exact) mass is 261 g/mol. The van der Waals surface area contributed by atoms with Crippen LogP contribution in [-0.2, 0) is 9.53 Å². The van der Waals surface area contributed by atoms with E-state index in [9.17, 15) is 9.90 Å². The highest BCUT2D eigenvalue weighted by atomic mass is 32.2. The molecule has 0 aromatic rings. The average molecular weight is 261 g/mol. The molecular formula is C12H23NO3S. The Kier molecular flexibility index (Phi) is 5.28. The third kappa shape index (κ3) is 5.75. The summed E-state index contributed by atoms with van der Waals surface area (Å²) in [5, 5.41) is 9.21. The van der Waals surface area contributed by atoms with Gasteiger partial charge >= 0.3 is 5.97 Å². The summed E-state index contributed by atoms with van der Waals surface area (Å²) in [6.07, 6.45) is 2.29. The average Bonchev–Trinajstić information content (AvgIpc) is 2.98. The Labute approximate surface area is 107 Å². The molecule has 100 valence electrons. The number of aliphatic hydroxyl groups excluding tert-OH is 1. The molecule has 0 heterocycles. The predicted molar refractivity (Wildman–Crippen MR) is 69.9 cm³/mol. The molecule has 4 nitrogen and oxygen atoms in total. The third-order valence-electron chi connectivity index (χ3n) is 2.61. The lowest BCUT2D eigenvalue weighted by Crippen LogP contribution is -2.38. The fourth-order valence-corrected chi connectivity index (χ4v) is 2.58. The van der Waals surface area contributed by atoms with Crippen LogP contribution in [0.2, 0.25) is 0 Å². The van der Waals surface area contributed by atoms with Gasteiger partial charge in [0.2, 0.25) is 0 Å². The zero-order valence-electron chi connectivity index (χ0n) is 10.8. The smallest absolute Gasteiger partial charge is 0.316 e. The topological polar surface area (TPSA) is 72.5 Å². The SMILES string of the molecule is CC(C)(C)OC(=O)CSC(CO)C(N)C1CC1. The second-order valence-corrected chi connectivity index (χ2v) is 6.76. The zero-order valence-corrected chi connectivity index (χ0v) is 11.6. The highest BCUT2D eigenvalue weighted by molar-refractivity contribution is 8.00. The lowest BCUT2D eigenvalue weighted by atomic mass is 10.1. The summed E-state index contributed by atoms with van der Waals surface area (Å²) in [4.78, 5) is 11.5. The fraction of sp³-hybridized carbons (Fsp3) is 0.917. The second-order valence-electron chi connectivity index (χ2n) is 5.53. The number of rotatable bonds is 6. The molecule has 5 heteroatoms. The van der Waals surface area contributed by atoms with Crippen LogP contribution in [0, 0.1) is 5.92 Å². The van der Waals surface area contributed by atoms with Crippen LogP contribution >= 0.6 is 11.8 Å². The van der Waals surface area contributed by atoms with E-state index in [2.05, 4.69) is 0 Å². The van der Waals surface area contributed by atoms with Gasteiger partial charge in [0.15, 0.2) is 0 Å². The molecule has 1 aliphatic carbocycles. The minimum Gasteiger partial charge on any atom is -0.459 e. The Morgan fingerprint density at radius 2 is 2.12 bits per heavy atom. The Balaban J connectivity index is 2.29. The molecule has 0 amide bonds. The van der Waals surface area contributed by atoms with E-state index in [0.29, 0.717) is 5.92 Å². The lowest BCUT2D eigenvalue weighted by Gasteiger charge is -2.23. The van der Waals surface area contributed by atoms with Gasteiger partial charge in [0, 0.05) is 11.3 Å². The minimum absolute atomic E-state index is 0.00700. The Bertz CT molecular complexity index is 261. The summed E-state index contributed by atoms with van der Waals surface area (Å²) in [7, 11) is 0. The molecule has 0 radical (unpaired) electrons. The summed E-state index contributed by atoms with van der Waals surface area (Å²) in [5.74, 6) is 0.533. The fourth-order valence-electron chi connectivity index (χ4n) is 1.62. The highest BCUT2D eigenvalue weighted by Gasteiger charge is 2.34. The molecule has 17 heavy (non-hydrogen) atoms. The van der Waals surface area contributed by atoms with Crippen LogP contribution in [0.3, 0.4) is 0 Å². The first-order chi connectivity index (χ1) is 7.83. The maximum atomic E-state index is 11.5. The molecule has 3 N–H and O–H groups in total. The highest BCUT2D eigenvalue weighted by Crippen LogP contribution is 2.35. The second kappa shape index (κ2) is 6.07. The van der Waals surface area contributed by atoms with Gasteiger partial charge in [0.1, 0.15) is 5.60 Å². The van der Waals surface area contributed by atoms with Gasteiger partial charge < -0.3 is 15.6 Å². The summed E-state index contributed by atoms with van der Waals surface area (Å²) < 4.78 is 5.21. The van der Waals surface area contributed by atoms with Crippen molar-refractivity contribution in [3.8, 4) is 0 Å². The number of hydrogen-bond donors (Lipinski definition) is 2. The summed E-state index contributed by atoms with van der Waals surface area (Å²) >= 11 is 1.40. The molecule has 1 fully saturated rings. The summed E-state index contributed by atoms with van der Waals surface area (Å²) in [6, 6.07) is -0.00700. The molecule has 0 bridgehead atoms. The molecule has 2 atom stereocenters. The number of thioether (sulfide) groups is 1. The molecule has 2 unspecified atom stereocenters. The first kappa shape index (κ1) is 14.8. The van der Waals surface area contributed by atoms with Crippen molar-refractivity contribution in [3.05, 3.63) is 0 Å². The van der Waals surface area contributed by atoms with E-state index >= 15 is 0 Å². The maximum Gasteiger partial charge on any atom is 0.316 e. The van der Waals surface area contributed by atoms with Crippen LogP contribution in [0.5, 0.6) is 0 Å². The van der Waals surface area contributed by atoms with Gasteiger partial charge in [-0.1, -0.05) is 0 Å². The van der Waals surface area contributed by atoms with Crippen LogP contribution in [0.1, 0.15) is 33.6 Å². The van der Waals surface area contributed by atoms with Crippen LogP contribution < -0.4 is 5.73 Å². The number of aliphatic hydroxyl groups is 1. The van der Waals surface area contributed by atoms with E-state index in [1.165, 1.54) is 11.8 Å². The van der Waals surface area contributed by atoms with E-state index < -0.39 is 5.60 Å². The Morgan fingerprint density at radius 3 is 2.53 bits per heavy atom. The van der Waals surface area contributed by atoms with Gasteiger partial charge in [-0.15, -0.1) is 11.8 Å². The maximum absolute atomic E-state index is 11.5. The summed E-state index contributed by atoms with van der Waals surface area (Å²) in [5.41, 5.74) is 5.56. The van der Waals surface area contributed by atoms with Crippen molar-refractivity contribution in [2.75, 3.05) is 12.4 Å². The number of nitrogens with two attached hydrogens (primary N) is 1. The van der Waals surface area contributed by atoms with Gasteiger partial charge in [-0.05, 0) is 39.5 Å². The quantitative estimate of drug-likeness (QED) is 0.702. The van der Waals surface area contributed by atoms with Crippen molar-refractivity contribution in [2.24, 2.45) is 11.7 Å². The Morgan fingerprint density at radius 1 is 1.53 bits per heavy atom. The van der Waals surface area contributed by atoms with Gasteiger partial charge in [-0.3, -0.25) is 4.79 Å². The number of carbonyl (C=O) groups excluding carboxylic acids is 1. The predicted octanol–water partition coefficient (Wildman–Crippen LogP) is 1.16. The first-order valence-electron chi connectivity index (χ1n) is 6.03. The summed E-state index contributed by atoms with van der Waals surface area (Å²) in [6.45, 7) is 5.55. The van der Waals surface area contributed by atoms with E-state index in [1.54, 1.807) is 0 Å². The van der Waals surface area contributed by atoms with Crippen molar-refractivity contribution in [3.63, 3.8) is 0 Å². The molecule has 1 aliphatic rings. The molecule has 0 aromatic heterocycles. The molecular weight excluding hydrogens is 238 g/mol. The minimum atomic E-state index is -0.453. The lowest BCUT2D eigenvalue weighted by molar-refractivity contribution is -0.151. The van der Waals surface area contributed by atoms with Crippen molar-refractivity contribution in [2.45, 2.75) is 50.5 Å². The van der Waals surface area contributed by atoms with Crippen LogP contribution in [-0.4, -0.2) is 40.3 Å². The van der Waals surface area contributed by atoms with Crippen molar-refractivity contribution in [1.29, 1.82) is 0 Å². The van der Waals surface area contributed by atoms with E-state index in [1.807, 2.05) is 20.8 Å². The number of hydrogen-bond acceptors (Lipinski definition) is 5. The molecule has 0 aliphatic heterocycles. The van der Waals surface area contributed by atoms with Crippen LogP contribution in [0.15, 0.2) is 0 Å². The van der Waals surface area contributed by atoms with E-state index in [-0.39, 0.29) is 29.6 Å². The van der Waals surface area contributed by atoms with Crippen molar-refractivity contribution >= 4 is 17.7 Å². The number of carbonyl (C=O) groups is 1. The first-order valence-corrected chi connectivity index (χ1v) is 7.08. The normalized spacial score (nSPS) is 19.8. The van der Waals surface area contributed by atoms with Gasteiger partial charge in [-0.2, -0.15) is 0 Å². The molecule has 1 saturated carbocycles. The molecule has 0 aromatic carbocycles. The molecule has 1 rings (SSSR count). The Hall–Kier alpha value is -0.260. The zero-order chi connectivity index (χ0) is 13.1.